The third kappa shape index (κ3) is 4.22. The number of halogens is 1. The number of para-hydroxylation sites is 2. The minimum Gasteiger partial charge on any atom is -0.506 e. The van der Waals surface area contributed by atoms with Crippen molar-refractivity contribution in [3.05, 3.63) is 59.1 Å². The molecule has 5 nitrogen and oxygen atoms in total. The first-order valence-corrected chi connectivity index (χ1v) is 6.55. The maximum atomic E-state index is 11.8. The van der Waals surface area contributed by atoms with Crippen LogP contribution in [0.15, 0.2) is 48.5 Å². The van der Waals surface area contributed by atoms with Crippen LogP contribution in [0.3, 0.4) is 0 Å². The van der Waals surface area contributed by atoms with Crippen molar-refractivity contribution in [2.45, 2.75) is 0 Å². The van der Waals surface area contributed by atoms with Crippen molar-refractivity contribution in [1.82, 2.24) is 5.32 Å². The SMILES string of the molecule is O=C(CNC(=O)c1cccc(Cl)c1)Nc1ccccc1O. The van der Waals surface area contributed by atoms with E-state index in [4.69, 9.17) is 11.6 Å². The van der Waals surface area contributed by atoms with Crippen LogP contribution in [0, 0.1) is 0 Å². The highest BCUT2D eigenvalue weighted by molar-refractivity contribution is 6.31. The Bertz CT molecular complexity index is 673. The van der Waals surface area contributed by atoms with Gasteiger partial charge in [-0.25, -0.2) is 0 Å². The van der Waals surface area contributed by atoms with Crippen LogP contribution in [0.2, 0.25) is 5.02 Å². The van der Waals surface area contributed by atoms with Crippen molar-refractivity contribution in [1.29, 1.82) is 0 Å². The van der Waals surface area contributed by atoms with Crippen LogP contribution >= 0.6 is 11.6 Å². The summed E-state index contributed by atoms with van der Waals surface area (Å²) in [5, 5.41) is 14.9. The van der Waals surface area contributed by atoms with E-state index in [1.54, 1.807) is 36.4 Å². The van der Waals surface area contributed by atoms with E-state index in [1.807, 2.05) is 0 Å². The van der Waals surface area contributed by atoms with Crippen LogP contribution in [-0.4, -0.2) is 23.5 Å². The third-order valence-electron chi connectivity index (χ3n) is 2.67. The lowest BCUT2D eigenvalue weighted by atomic mass is 10.2. The molecule has 2 rings (SSSR count). The minimum absolute atomic E-state index is 0.0352. The highest BCUT2D eigenvalue weighted by atomic mass is 35.5. The summed E-state index contributed by atoms with van der Waals surface area (Å²) in [5.41, 5.74) is 0.664. The molecule has 0 aliphatic carbocycles. The molecule has 0 spiro atoms. The van der Waals surface area contributed by atoms with E-state index in [2.05, 4.69) is 10.6 Å². The number of aromatic hydroxyl groups is 1. The Kier molecular flexibility index (Phi) is 4.79. The number of benzene rings is 2. The average molecular weight is 305 g/mol. The molecule has 2 amide bonds. The Hall–Kier alpha value is -2.53. The number of rotatable bonds is 4. The summed E-state index contributed by atoms with van der Waals surface area (Å²) in [4.78, 5) is 23.5. The molecule has 0 fully saturated rings. The molecule has 0 atom stereocenters. The Morgan fingerprint density at radius 3 is 2.57 bits per heavy atom. The minimum atomic E-state index is -0.438. The second kappa shape index (κ2) is 6.76. The van der Waals surface area contributed by atoms with Gasteiger partial charge in [-0.05, 0) is 30.3 Å². The fraction of sp³-hybridized carbons (Fsp3) is 0.0667. The van der Waals surface area contributed by atoms with E-state index in [1.165, 1.54) is 12.1 Å². The first kappa shape index (κ1) is 14.9. The zero-order chi connectivity index (χ0) is 15.2. The molecule has 0 unspecified atom stereocenters. The van der Waals surface area contributed by atoms with Gasteiger partial charge >= 0.3 is 0 Å². The highest BCUT2D eigenvalue weighted by Crippen LogP contribution is 2.21. The van der Waals surface area contributed by atoms with Crippen molar-refractivity contribution < 1.29 is 14.7 Å². The van der Waals surface area contributed by atoms with Crippen molar-refractivity contribution >= 4 is 29.1 Å². The summed E-state index contributed by atoms with van der Waals surface area (Å²) in [6.45, 7) is -0.209. The Morgan fingerprint density at radius 2 is 1.86 bits per heavy atom. The van der Waals surface area contributed by atoms with E-state index < -0.39 is 11.8 Å². The summed E-state index contributed by atoms with van der Waals surface area (Å²) in [6, 6.07) is 12.8. The molecule has 2 aromatic carbocycles. The molecule has 6 heteroatoms. The van der Waals surface area contributed by atoms with Crippen molar-refractivity contribution in [3.8, 4) is 5.75 Å². The van der Waals surface area contributed by atoms with Gasteiger partial charge in [0.25, 0.3) is 5.91 Å². The van der Waals surface area contributed by atoms with Crippen LogP contribution in [0.25, 0.3) is 0 Å². The molecule has 0 aromatic heterocycles. The molecule has 0 saturated carbocycles. The first-order valence-electron chi connectivity index (χ1n) is 6.18. The number of nitrogens with one attached hydrogen (secondary N) is 2. The molecule has 0 heterocycles. The average Bonchev–Trinajstić information content (AvgIpc) is 2.47. The monoisotopic (exact) mass is 304 g/mol. The van der Waals surface area contributed by atoms with E-state index in [0.717, 1.165) is 0 Å². The van der Waals surface area contributed by atoms with Crippen molar-refractivity contribution in [2.24, 2.45) is 0 Å². The zero-order valence-corrected chi connectivity index (χ0v) is 11.7. The molecule has 0 radical (unpaired) electrons. The second-order valence-corrected chi connectivity index (χ2v) is 4.69. The van der Waals surface area contributed by atoms with Gasteiger partial charge < -0.3 is 15.7 Å². The number of anilines is 1. The van der Waals surface area contributed by atoms with Gasteiger partial charge in [0.1, 0.15) is 5.75 Å². The van der Waals surface area contributed by atoms with Crippen molar-refractivity contribution in [2.75, 3.05) is 11.9 Å². The van der Waals surface area contributed by atoms with Crippen LogP contribution in [0.5, 0.6) is 5.75 Å². The topological polar surface area (TPSA) is 78.4 Å². The Morgan fingerprint density at radius 1 is 1.10 bits per heavy atom. The van der Waals surface area contributed by atoms with Crippen LogP contribution in [0.4, 0.5) is 5.69 Å². The van der Waals surface area contributed by atoms with Crippen LogP contribution in [-0.2, 0) is 4.79 Å². The molecule has 0 aliphatic rings. The predicted molar refractivity (Wildman–Crippen MR) is 80.5 cm³/mol. The van der Waals surface area contributed by atoms with Gasteiger partial charge in [0.2, 0.25) is 5.91 Å². The van der Waals surface area contributed by atoms with E-state index >= 15 is 0 Å². The molecule has 0 bridgehead atoms. The number of hydrogen-bond acceptors (Lipinski definition) is 3. The number of carbonyl (C=O) groups excluding carboxylic acids is 2. The standard InChI is InChI=1S/C15H13ClN2O3/c16-11-5-3-4-10(8-11)15(21)17-9-14(20)18-12-6-1-2-7-13(12)19/h1-8,19H,9H2,(H,17,21)(H,18,20). The number of phenolic OH excluding ortho intramolecular Hbond substituents is 1. The lowest BCUT2D eigenvalue weighted by Crippen LogP contribution is -2.32. The summed E-state index contributed by atoms with van der Waals surface area (Å²) in [5.74, 6) is -0.871. The first-order chi connectivity index (χ1) is 10.1. The molecule has 0 aliphatic heterocycles. The van der Waals surface area contributed by atoms with Gasteiger partial charge in [-0.3, -0.25) is 9.59 Å². The fourth-order valence-electron chi connectivity index (χ4n) is 1.67. The van der Waals surface area contributed by atoms with E-state index in [-0.39, 0.29) is 12.3 Å². The number of amides is 2. The van der Waals surface area contributed by atoms with Gasteiger partial charge in [-0.1, -0.05) is 29.8 Å². The van der Waals surface area contributed by atoms with Gasteiger partial charge in [0.05, 0.1) is 12.2 Å². The molecular formula is C15H13ClN2O3. The van der Waals surface area contributed by atoms with E-state index in [9.17, 15) is 14.7 Å². The smallest absolute Gasteiger partial charge is 0.251 e. The molecule has 2 aromatic rings. The molecule has 0 saturated heterocycles. The molecule has 3 N–H and O–H groups in total. The van der Waals surface area contributed by atoms with Gasteiger partial charge in [-0.15, -0.1) is 0 Å². The summed E-state index contributed by atoms with van der Waals surface area (Å²) >= 11 is 5.79. The largest absolute Gasteiger partial charge is 0.506 e. The number of hydrogen-bond donors (Lipinski definition) is 3. The maximum Gasteiger partial charge on any atom is 0.251 e. The summed E-state index contributed by atoms with van der Waals surface area (Å²) < 4.78 is 0. The zero-order valence-electron chi connectivity index (χ0n) is 11.0. The normalized spacial score (nSPS) is 9.95. The summed E-state index contributed by atoms with van der Waals surface area (Å²) in [6.07, 6.45) is 0. The van der Waals surface area contributed by atoms with Gasteiger partial charge in [0, 0.05) is 10.6 Å². The van der Waals surface area contributed by atoms with E-state index in [0.29, 0.717) is 16.3 Å². The predicted octanol–water partition coefficient (Wildman–Crippen LogP) is 2.41. The number of carbonyl (C=O) groups is 2. The maximum absolute atomic E-state index is 11.8. The Balaban J connectivity index is 1.90. The van der Waals surface area contributed by atoms with Crippen LogP contribution in [0.1, 0.15) is 10.4 Å². The molecular weight excluding hydrogens is 292 g/mol. The fourth-order valence-corrected chi connectivity index (χ4v) is 1.86. The lowest BCUT2D eigenvalue weighted by molar-refractivity contribution is -0.115. The summed E-state index contributed by atoms with van der Waals surface area (Å²) in [7, 11) is 0. The molecule has 108 valence electrons. The lowest BCUT2D eigenvalue weighted by Gasteiger charge is -2.08. The number of phenols is 1. The molecule has 21 heavy (non-hydrogen) atoms. The van der Waals surface area contributed by atoms with Gasteiger partial charge in [-0.2, -0.15) is 0 Å². The third-order valence-corrected chi connectivity index (χ3v) is 2.91. The van der Waals surface area contributed by atoms with Crippen LogP contribution < -0.4 is 10.6 Å². The van der Waals surface area contributed by atoms with Gasteiger partial charge in [0.15, 0.2) is 0 Å². The van der Waals surface area contributed by atoms with Crippen molar-refractivity contribution in [3.63, 3.8) is 0 Å². The Labute approximate surface area is 126 Å². The quantitative estimate of drug-likeness (QED) is 0.759. The highest BCUT2D eigenvalue weighted by Gasteiger charge is 2.09. The second-order valence-electron chi connectivity index (χ2n) is 4.26.